The average Bonchev–Trinajstić information content (AvgIpc) is 3.35. The third-order valence-corrected chi connectivity index (χ3v) is 7.02. The van der Waals surface area contributed by atoms with E-state index in [-0.39, 0.29) is 4.90 Å². The molecule has 0 saturated carbocycles. The lowest BCUT2D eigenvalue weighted by Gasteiger charge is -2.16. The minimum Gasteiger partial charge on any atom is -0.494 e. The summed E-state index contributed by atoms with van der Waals surface area (Å²) >= 11 is 0. The maximum atomic E-state index is 13.5. The fraction of sp³-hybridized carbons (Fsp3) is 0.269. The molecule has 2 aromatic carbocycles. The Hall–Kier alpha value is -4.38. The maximum Gasteiger partial charge on any atom is 0.490 e. The number of nitrogens with zero attached hydrogens (tertiary/aromatic N) is 3. The Labute approximate surface area is 240 Å². The van der Waals surface area contributed by atoms with Gasteiger partial charge in [0.05, 0.1) is 17.6 Å². The molecule has 2 aromatic heterocycles. The molecule has 10 nitrogen and oxygen atoms in total. The molecule has 0 bridgehead atoms. The molecule has 2 heterocycles. The van der Waals surface area contributed by atoms with Gasteiger partial charge in [-0.1, -0.05) is 18.2 Å². The van der Waals surface area contributed by atoms with Crippen LogP contribution in [0.15, 0.2) is 65.8 Å². The SMILES string of the molecule is CCOc1ccc2c(ccn2S(=O)(=O)c2cccc3cccnc23)c1CN(C)C.O=C(O)C(F)(F)F.O=C(O)C(F)(F)F. The lowest BCUT2D eigenvalue weighted by atomic mass is 10.1. The molecule has 0 spiro atoms. The molecule has 17 heteroatoms. The van der Waals surface area contributed by atoms with E-state index in [9.17, 15) is 34.8 Å². The van der Waals surface area contributed by atoms with Crippen LogP contribution in [0.4, 0.5) is 26.3 Å². The minimum atomic E-state index is -5.08. The van der Waals surface area contributed by atoms with Crippen molar-refractivity contribution in [2.45, 2.75) is 30.7 Å². The lowest BCUT2D eigenvalue weighted by Crippen LogP contribution is -2.21. The van der Waals surface area contributed by atoms with Gasteiger partial charge >= 0.3 is 24.3 Å². The number of aromatic nitrogens is 2. The van der Waals surface area contributed by atoms with E-state index in [4.69, 9.17) is 24.5 Å². The molecule has 234 valence electrons. The van der Waals surface area contributed by atoms with Crippen molar-refractivity contribution in [3.8, 4) is 5.75 Å². The first-order valence-electron chi connectivity index (χ1n) is 11.9. The first-order chi connectivity index (χ1) is 19.8. The molecule has 0 atom stereocenters. The van der Waals surface area contributed by atoms with Crippen LogP contribution in [0.25, 0.3) is 21.8 Å². The minimum absolute atomic E-state index is 0.191. The Morgan fingerprint density at radius 1 is 0.930 bits per heavy atom. The Morgan fingerprint density at radius 2 is 1.49 bits per heavy atom. The highest BCUT2D eigenvalue weighted by molar-refractivity contribution is 7.90. The molecule has 0 saturated heterocycles. The number of ether oxygens (including phenoxy) is 1. The van der Waals surface area contributed by atoms with Crippen molar-refractivity contribution in [1.82, 2.24) is 13.9 Å². The zero-order chi connectivity index (χ0) is 32.8. The van der Waals surface area contributed by atoms with Crippen LogP contribution in [-0.4, -0.2) is 77.5 Å². The molecule has 0 aliphatic rings. The number of carboxylic acid groups (broad SMARTS) is 2. The number of hydrogen-bond donors (Lipinski definition) is 2. The predicted octanol–water partition coefficient (Wildman–Crippen LogP) is 5.15. The number of hydrogen-bond acceptors (Lipinski definition) is 7. The van der Waals surface area contributed by atoms with E-state index in [1.54, 1.807) is 36.7 Å². The van der Waals surface area contributed by atoms with Crippen molar-refractivity contribution in [3.05, 3.63) is 66.5 Å². The van der Waals surface area contributed by atoms with E-state index in [2.05, 4.69) is 4.98 Å². The highest BCUT2D eigenvalue weighted by atomic mass is 32.2. The summed E-state index contributed by atoms with van der Waals surface area (Å²) in [5.41, 5.74) is 2.06. The summed E-state index contributed by atoms with van der Waals surface area (Å²) in [4.78, 5) is 24.3. The van der Waals surface area contributed by atoms with Crippen LogP contribution < -0.4 is 4.74 Å². The number of fused-ring (bicyclic) bond motifs is 2. The van der Waals surface area contributed by atoms with Crippen LogP contribution in [0, 0.1) is 0 Å². The first-order valence-corrected chi connectivity index (χ1v) is 13.4. The van der Waals surface area contributed by atoms with Gasteiger partial charge in [0.1, 0.15) is 10.6 Å². The van der Waals surface area contributed by atoms with Crippen molar-refractivity contribution in [3.63, 3.8) is 0 Å². The molecule has 0 aliphatic carbocycles. The highest BCUT2D eigenvalue weighted by Gasteiger charge is 2.38. The third-order valence-electron chi connectivity index (χ3n) is 5.30. The monoisotopic (exact) mass is 637 g/mol. The summed E-state index contributed by atoms with van der Waals surface area (Å²) < 4.78 is 97.7. The topological polar surface area (TPSA) is 139 Å². The summed E-state index contributed by atoms with van der Waals surface area (Å²) in [5, 5.41) is 15.9. The summed E-state index contributed by atoms with van der Waals surface area (Å²) in [7, 11) is 0.133. The van der Waals surface area contributed by atoms with Crippen LogP contribution in [0.2, 0.25) is 0 Å². The Morgan fingerprint density at radius 3 is 2.00 bits per heavy atom. The quantitative estimate of drug-likeness (QED) is 0.275. The first kappa shape index (κ1) is 34.8. The van der Waals surface area contributed by atoms with Crippen LogP contribution in [0.1, 0.15) is 12.5 Å². The molecule has 0 unspecified atom stereocenters. The summed E-state index contributed by atoms with van der Waals surface area (Å²) in [6, 6.07) is 14.4. The van der Waals surface area contributed by atoms with Crippen molar-refractivity contribution in [2.75, 3.05) is 20.7 Å². The maximum absolute atomic E-state index is 13.5. The number of pyridine rings is 1. The molecule has 0 radical (unpaired) electrons. The Kier molecular flexibility index (Phi) is 11.1. The smallest absolute Gasteiger partial charge is 0.490 e. The van der Waals surface area contributed by atoms with Gasteiger partial charge in [-0.05, 0) is 51.4 Å². The van der Waals surface area contributed by atoms with E-state index in [1.807, 2.05) is 50.2 Å². The van der Waals surface area contributed by atoms with Gasteiger partial charge in [0.25, 0.3) is 10.0 Å². The zero-order valence-electron chi connectivity index (χ0n) is 22.6. The number of carbonyl (C=O) groups is 2. The van der Waals surface area contributed by atoms with E-state index in [0.29, 0.717) is 24.2 Å². The van der Waals surface area contributed by atoms with Crippen molar-refractivity contribution in [2.24, 2.45) is 0 Å². The van der Waals surface area contributed by atoms with Crippen LogP contribution in [0.3, 0.4) is 0 Å². The summed E-state index contributed by atoms with van der Waals surface area (Å²) in [5.74, 6) is -4.74. The number of benzene rings is 2. The zero-order valence-corrected chi connectivity index (χ0v) is 23.5. The van der Waals surface area contributed by atoms with Crippen LogP contribution in [0.5, 0.6) is 5.75 Å². The molecule has 4 aromatic rings. The molecular weight excluding hydrogens is 612 g/mol. The third kappa shape index (κ3) is 8.81. The van der Waals surface area contributed by atoms with Gasteiger partial charge in [-0.25, -0.2) is 22.0 Å². The largest absolute Gasteiger partial charge is 0.494 e. The van der Waals surface area contributed by atoms with E-state index in [0.717, 1.165) is 22.1 Å². The second-order valence-corrected chi connectivity index (χ2v) is 10.5. The molecule has 0 amide bonds. The number of aliphatic carboxylic acids is 2. The molecule has 43 heavy (non-hydrogen) atoms. The van der Waals surface area contributed by atoms with Gasteiger partial charge < -0.3 is 19.8 Å². The summed E-state index contributed by atoms with van der Waals surface area (Å²) in [6.07, 6.45) is -6.95. The van der Waals surface area contributed by atoms with Gasteiger partial charge in [-0.3, -0.25) is 4.98 Å². The molecular formula is C26H25F6N3O7S. The lowest BCUT2D eigenvalue weighted by molar-refractivity contribution is -0.193. The fourth-order valence-corrected chi connectivity index (χ4v) is 5.12. The van der Waals surface area contributed by atoms with Crippen molar-refractivity contribution < 1.29 is 59.3 Å². The Bertz CT molecular complexity index is 1670. The highest BCUT2D eigenvalue weighted by Crippen LogP contribution is 2.33. The number of para-hydroxylation sites is 1. The number of carboxylic acids is 2. The van der Waals surface area contributed by atoms with Crippen molar-refractivity contribution in [1.29, 1.82) is 0 Å². The predicted molar refractivity (Wildman–Crippen MR) is 142 cm³/mol. The number of alkyl halides is 6. The average molecular weight is 638 g/mol. The normalized spacial score (nSPS) is 11.9. The summed E-state index contributed by atoms with van der Waals surface area (Å²) in [6.45, 7) is 3.13. The molecule has 2 N–H and O–H groups in total. The number of rotatable bonds is 6. The van der Waals surface area contributed by atoms with Crippen molar-refractivity contribution >= 4 is 43.8 Å². The second-order valence-electron chi connectivity index (χ2n) is 8.70. The van der Waals surface area contributed by atoms with Gasteiger partial charge in [-0.15, -0.1) is 0 Å². The van der Waals surface area contributed by atoms with Crippen LogP contribution in [-0.2, 0) is 26.2 Å². The standard InChI is InChI=1S/C22H23N3O3S.2C2HF3O2/c1-4-28-20-11-10-19-17(18(20)15-24(2)3)12-14-25(19)29(26,27)21-9-5-7-16-8-6-13-23-22(16)21;2*3-2(4,5)1(6)7/h5-14H,4,15H2,1-3H3;2*(H,6,7). The Balaban J connectivity index is 0.000000384. The molecule has 0 fully saturated rings. The van der Waals surface area contributed by atoms with Gasteiger partial charge in [-0.2, -0.15) is 26.3 Å². The molecule has 0 aliphatic heterocycles. The van der Waals surface area contributed by atoms with Crippen LogP contribution >= 0.6 is 0 Å². The van der Waals surface area contributed by atoms with E-state index in [1.165, 1.54) is 3.97 Å². The number of halogens is 6. The van der Waals surface area contributed by atoms with E-state index < -0.39 is 34.3 Å². The second kappa shape index (κ2) is 13.7. The van der Waals surface area contributed by atoms with E-state index >= 15 is 0 Å². The fourth-order valence-electron chi connectivity index (χ4n) is 3.60. The van der Waals surface area contributed by atoms with Gasteiger partial charge in [0, 0.05) is 35.3 Å². The van der Waals surface area contributed by atoms with Gasteiger partial charge in [0.2, 0.25) is 0 Å². The molecule has 4 rings (SSSR count). The van der Waals surface area contributed by atoms with Gasteiger partial charge in [0.15, 0.2) is 0 Å².